The fourth-order valence-corrected chi connectivity index (χ4v) is 5.63. The van der Waals surface area contributed by atoms with E-state index in [1.54, 1.807) is 24.3 Å². The van der Waals surface area contributed by atoms with Gasteiger partial charge in [-0.3, -0.25) is 19.3 Å². The molecule has 9 heteroatoms. The smallest absolute Gasteiger partial charge is 0.338 e. The summed E-state index contributed by atoms with van der Waals surface area (Å²) in [6.45, 7) is 1.51. The highest BCUT2D eigenvalue weighted by atomic mass is 35.5. The second kappa shape index (κ2) is 8.85. The van der Waals surface area contributed by atoms with Gasteiger partial charge in [0.15, 0.2) is 6.61 Å². The average Bonchev–Trinajstić information content (AvgIpc) is 3.48. The molecule has 0 aromatic heterocycles. The molecule has 2 aliphatic carbocycles. The van der Waals surface area contributed by atoms with Crippen molar-refractivity contribution in [2.75, 3.05) is 23.9 Å². The maximum absolute atomic E-state index is 13.1. The van der Waals surface area contributed by atoms with Crippen molar-refractivity contribution in [2.45, 2.75) is 13.3 Å². The van der Waals surface area contributed by atoms with E-state index in [2.05, 4.69) is 11.4 Å². The summed E-state index contributed by atoms with van der Waals surface area (Å²) in [6, 6.07) is 10.8. The lowest BCUT2D eigenvalue weighted by atomic mass is 9.82. The molecular formula is C26H23ClN2O6. The molecule has 8 nitrogen and oxygen atoms in total. The Balaban J connectivity index is 1.21. The van der Waals surface area contributed by atoms with Crippen molar-refractivity contribution in [3.63, 3.8) is 0 Å². The lowest BCUT2D eigenvalue weighted by Crippen LogP contribution is -2.33. The summed E-state index contributed by atoms with van der Waals surface area (Å²) in [7, 11) is 1.46. The number of nitrogens with zero attached hydrogens (tertiary/aromatic N) is 1. The van der Waals surface area contributed by atoms with Gasteiger partial charge in [0.05, 0.1) is 35.9 Å². The van der Waals surface area contributed by atoms with E-state index in [9.17, 15) is 19.2 Å². The SMILES string of the molecule is COc1ccc(Cl)cc1NC(=O)COC(=O)c1ccc(N2C(=O)[C@@H]3[C@@H](C2=O)[C@H]2C=C(C)[C@H]3C2)cc1. The molecule has 5 rings (SSSR count). The number of hydrogen-bond donors (Lipinski definition) is 1. The highest BCUT2D eigenvalue weighted by molar-refractivity contribution is 6.31. The Morgan fingerprint density at radius 2 is 1.80 bits per heavy atom. The van der Waals surface area contributed by atoms with Crippen LogP contribution in [-0.4, -0.2) is 37.4 Å². The molecule has 0 unspecified atom stereocenters. The predicted octanol–water partition coefficient (Wildman–Crippen LogP) is 3.85. The van der Waals surface area contributed by atoms with E-state index >= 15 is 0 Å². The largest absolute Gasteiger partial charge is 0.495 e. The first-order chi connectivity index (χ1) is 16.8. The Morgan fingerprint density at radius 1 is 1.09 bits per heavy atom. The summed E-state index contributed by atoms with van der Waals surface area (Å²) in [5.74, 6) is -1.54. The number of rotatable bonds is 6. The van der Waals surface area contributed by atoms with Gasteiger partial charge >= 0.3 is 5.97 Å². The van der Waals surface area contributed by atoms with Crippen molar-refractivity contribution < 1.29 is 28.7 Å². The molecule has 2 aromatic rings. The number of imide groups is 1. The van der Waals surface area contributed by atoms with E-state index in [1.807, 2.05) is 6.92 Å². The quantitative estimate of drug-likeness (QED) is 0.372. The number of amides is 3. The predicted molar refractivity (Wildman–Crippen MR) is 128 cm³/mol. The van der Waals surface area contributed by atoms with E-state index in [4.69, 9.17) is 21.1 Å². The highest BCUT2D eigenvalue weighted by Gasteiger charge is 2.60. The van der Waals surface area contributed by atoms with Crippen LogP contribution < -0.4 is 15.0 Å². The van der Waals surface area contributed by atoms with Crippen LogP contribution in [0, 0.1) is 23.7 Å². The van der Waals surface area contributed by atoms with E-state index in [-0.39, 0.29) is 41.0 Å². The minimum absolute atomic E-state index is 0.124. The normalized spacial score (nSPS) is 24.3. The number of ether oxygens (including phenoxy) is 2. The molecule has 2 fully saturated rings. The number of anilines is 2. The van der Waals surface area contributed by atoms with Crippen LogP contribution in [0.3, 0.4) is 0 Å². The van der Waals surface area contributed by atoms with Crippen LogP contribution in [0.1, 0.15) is 23.7 Å². The molecule has 3 amide bonds. The molecule has 0 radical (unpaired) electrons. The van der Waals surface area contributed by atoms with Crippen LogP contribution in [0.15, 0.2) is 54.1 Å². The fraction of sp³-hybridized carbons (Fsp3) is 0.308. The molecule has 3 aliphatic rings. The van der Waals surface area contributed by atoms with Gasteiger partial charge in [-0.15, -0.1) is 0 Å². The topological polar surface area (TPSA) is 102 Å². The van der Waals surface area contributed by atoms with Gasteiger partial charge in [-0.05, 0) is 67.6 Å². The number of hydrogen-bond acceptors (Lipinski definition) is 6. The van der Waals surface area contributed by atoms with E-state index in [1.165, 1.54) is 35.8 Å². The van der Waals surface area contributed by atoms with Gasteiger partial charge in [-0.1, -0.05) is 23.3 Å². The number of carbonyl (C=O) groups excluding carboxylic acids is 4. The number of carbonyl (C=O) groups is 4. The summed E-state index contributed by atoms with van der Waals surface area (Å²) in [6.07, 6.45) is 2.99. The van der Waals surface area contributed by atoms with Gasteiger partial charge in [0.1, 0.15) is 5.75 Å². The first-order valence-electron chi connectivity index (χ1n) is 11.2. The molecule has 35 heavy (non-hydrogen) atoms. The maximum Gasteiger partial charge on any atom is 0.338 e. The summed E-state index contributed by atoms with van der Waals surface area (Å²) in [4.78, 5) is 52.0. The van der Waals surface area contributed by atoms with Gasteiger partial charge in [-0.25, -0.2) is 4.79 Å². The van der Waals surface area contributed by atoms with E-state index in [0.717, 1.165) is 6.42 Å². The molecule has 1 aliphatic heterocycles. The van der Waals surface area contributed by atoms with Crippen molar-refractivity contribution >= 4 is 46.7 Å². The van der Waals surface area contributed by atoms with Crippen molar-refractivity contribution in [1.82, 2.24) is 0 Å². The monoisotopic (exact) mass is 494 g/mol. The van der Waals surface area contributed by atoms with Gasteiger partial charge < -0.3 is 14.8 Å². The molecule has 1 saturated heterocycles. The standard InChI is InChI=1S/C26H23ClN2O6/c1-13-9-15-10-18(13)23-22(15)24(31)29(25(23)32)17-6-3-14(4-7-17)26(33)35-12-21(30)28-19-11-16(27)5-8-20(19)34-2/h3-9,11,15,18,22-23H,10,12H2,1-2H3,(H,28,30)/t15-,18+,22-,23-/m0/s1. The number of methoxy groups -OCH3 is 1. The zero-order valence-electron chi connectivity index (χ0n) is 19.1. The first-order valence-corrected chi connectivity index (χ1v) is 11.6. The first kappa shape index (κ1) is 23.1. The summed E-state index contributed by atoms with van der Waals surface area (Å²) in [5, 5.41) is 3.00. The lowest BCUT2D eigenvalue weighted by molar-refractivity contribution is -0.123. The van der Waals surface area contributed by atoms with Crippen LogP contribution in [-0.2, 0) is 19.1 Å². The van der Waals surface area contributed by atoms with Crippen molar-refractivity contribution in [1.29, 1.82) is 0 Å². The summed E-state index contributed by atoms with van der Waals surface area (Å²) in [5.41, 5.74) is 2.16. The Morgan fingerprint density at radius 3 is 2.51 bits per heavy atom. The van der Waals surface area contributed by atoms with E-state index in [0.29, 0.717) is 22.1 Å². The Bertz CT molecular complexity index is 1270. The summed E-state index contributed by atoms with van der Waals surface area (Å²) < 4.78 is 10.3. The number of allylic oxidation sites excluding steroid dienone is 2. The minimum atomic E-state index is -0.710. The van der Waals surface area contributed by atoms with Crippen LogP contribution in [0.5, 0.6) is 5.75 Å². The number of esters is 1. The Hall–Kier alpha value is -3.65. The Labute approximate surface area is 206 Å². The third kappa shape index (κ3) is 3.97. The molecule has 2 bridgehead atoms. The lowest BCUT2D eigenvalue weighted by Gasteiger charge is -2.19. The molecule has 0 spiro atoms. The van der Waals surface area contributed by atoms with Gasteiger partial charge in [0.2, 0.25) is 11.8 Å². The molecule has 1 N–H and O–H groups in total. The minimum Gasteiger partial charge on any atom is -0.495 e. The number of fused-ring (bicyclic) bond motifs is 5. The Kier molecular flexibility index (Phi) is 5.84. The fourth-order valence-electron chi connectivity index (χ4n) is 5.45. The van der Waals surface area contributed by atoms with Crippen LogP contribution >= 0.6 is 11.6 Å². The van der Waals surface area contributed by atoms with Crippen LogP contribution in [0.4, 0.5) is 11.4 Å². The van der Waals surface area contributed by atoms with E-state index < -0.39 is 18.5 Å². The zero-order valence-corrected chi connectivity index (χ0v) is 19.9. The molecule has 4 atom stereocenters. The van der Waals surface area contributed by atoms with Crippen molar-refractivity contribution in [3.8, 4) is 5.75 Å². The van der Waals surface area contributed by atoms with Crippen molar-refractivity contribution in [3.05, 3.63) is 64.7 Å². The third-order valence-corrected chi connectivity index (χ3v) is 7.25. The number of halogens is 1. The zero-order chi connectivity index (χ0) is 24.9. The molecule has 1 saturated carbocycles. The second-order valence-electron chi connectivity index (χ2n) is 9.00. The molecule has 1 heterocycles. The molecule has 2 aromatic carbocycles. The highest BCUT2D eigenvalue weighted by Crippen LogP contribution is 2.55. The second-order valence-corrected chi connectivity index (χ2v) is 9.43. The van der Waals surface area contributed by atoms with Gasteiger partial charge in [0.25, 0.3) is 5.91 Å². The van der Waals surface area contributed by atoms with Crippen LogP contribution in [0.2, 0.25) is 5.02 Å². The third-order valence-electron chi connectivity index (χ3n) is 7.01. The average molecular weight is 495 g/mol. The van der Waals surface area contributed by atoms with Crippen molar-refractivity contribution in [2.24, 2.45) is 23.7 Å². The van der Waals surface area contributed by atoms with Gasteiger partial charge in [0, 0.05) is 5.02 Å². The van der Waals surface area contributed by atoms with Gasteiger partial charge in [-0.2, -0.15) is 0 Å². The molecular weight excluding hydrogens is 472 g/mol. The number of nitrogens with one attached hydrogen (secondary N) is 1. The van der Waals surface area contributed by atoms with Crippen LogP contribution in [0.25, 0.3) is 0 Å². The molecule has 180 valence electrons. The number of benzene rings is 2. The maximum atomic E-state index is 13.1. The summed E-state index contributed by atoms with van der Waals surface area (Å²) >= 11 is 5.95.